The van der Waals surface area contributed by atoms with Crippen LogP contribution in [0.25, 0.3) is 11.6 Å². The van der Waals surface area contributed by atoms with E-state index in [1.807, 2.05) is 0 Å². The predicted octanol–water partition coefficient (Wildman–Crippen LogP) is 7.80. The third-order valence-corrected chi connectivity index (χ3v) is 5.50. The lowest BCUT2D eigenvalue weighted by Gasteiger charge is -2.10. The fraction of sp³-hybridized carbons (Fsp3) is 0.259. The second-order valence-electron chi connectivity index (χ2n) is 7.19. The van der Waals surface area contributed by atoms with Gasteiger partial charge in [-0.3, -0.25) is 0 Å². The molecule has 0 aliphatic rings. The van der Waals surface area contributed by atoms with Gasteiger partial charge in [0.05, 0.1) is 6.61 Å². The molecule has 0 amide bonds. The van der Waals surface area contributed by atoms with Gasteiger partial charge in [0.1, 0.15) is 5.75 Å². The molecule has 0 unspecified atom stereocenters. The Hall–Kier alpha value is -2.32. The molecule has 1 nitrogen and oxygen atoms in total. The maximum atomic E-state index is 5.85. The monoisotopic (exact) mass is 448 g/mol. The van der Waals surface area contributed by atoms with Crippen LogP contribution in [0, 0.1) is 0 Å². The summed E-state index contributed by atoms with van der Waals surface area (Å²) in [5.74, 6) is 0.968. The number of hydrogen-bond acceptors (Lipinski definition) is 1. The number of benzene rings is 3. The van der Waals surface area contributed by atoms with Crippen LogP contribution in [-0.2, 0) is 6.42 Å². The molecule has 0 saturated heterocycles. The molecule has 29 heavy (non-hydrogen) atoms. The summed E-state index contributed by atoms with van der Waals surface area (Å²) in [6.45, 7) is 0.796. The standard InChI is InChI=1S/C27H29BrO/c28-20-8-3-9-21-29-27-18-15-23(16-19-27)14-17-26(25-12-6-2-7-13-25)22-24-10-4-1-5-11-24/h1-2,4-7,10-13,15-16,18-19,22H,3,8-9,14,17,20-21H2. The van der Waals surface area contributed by atoms with Crippen molar-refractivity contribution in [2.45, 2.75) is 32.1 Å². The van der Waals surface area contributed by atoms with Crippen molar-refractivity contribution in [1.29, 1.82) is 0 Å². The van der Waals surface area contributed by atoms with Crippen molar-refractivity contribution >= 4 is 27.6 Å². The van der Waals surface area contributed by atoms with Gasteiger partial charge in [-0.1, -0.05) is 94.8 Å². The highest BCUT2D eigenvalue weighted by atomic mass is 79.9. The molecule has 0 spiro atoms. The first-order valence-electron chi connectivity index (χ1n) is 10.4. The Labute approximate surface area is 183 Å². The zero-order valence-electron chi connectivity index (χ0n) is 16.9. The maximum absolute atomic E-state index is 5.85. The van der Waals surface area contributed by atoms with Gasteiger partial charge in [0.15, 0.2) is 0 Å². The Balaban J connectivity index is 1.60. The number of allylic oxidation sites excluding steroid dienone is 1. The molecule has 3 aromatic rings. The fourth-order valence-corrected chi connectivity index (χ4v) is 3.69. The molecule has 150 valence electrons. The first-order valence-corrected chi connectivity index (χ1v) is 11.6. The number of alkyl halides is 1. The van der Waals surface area contributed by atoms with E-state index in [1.165, 1.54) is 35.1 Å². The molecule has 0 aliphatic carbocycles. The third kappa shape index (κ3) is 7.55. The molecule has 3 rings (SSSR count). The van der Waals surface area contributed by atoms with Crippen LogP contribution in [0.15, 0.2) is 84.9 Å². The molecule has 2 heteroatoms. The van der Waals surface area contributed by atoms with Gasteiger partial charge in [-0.15, -0.1) is 0 Å². The number of unbranched alkanes of at least 4 members (excludes halogenated alkanes) is 2. The Kier molecular flexibility index (Phi) is 9.06. The highest BCUT2D eigenvalue weighted by molar-refractivity contribution is 9.09. The smallest absolute Gasteiger partial charge is 0.119 e. The minimum atomic E-state index is 0.796. The molecule has 0 saturated carbocycles. The van der Waals surface area contributed by atoms with Crippen LogP contribution in [0.5, 0.6) is 5.75 Å². The molecule has 0 aromatic heterocycles. The van der Waals surface area contributed by atoms with Crippen LogP contribution in [0.3, 0.4) is 0 Å². The third-order valence-electron chi connectivity index (χ3n) is 4.94. The average molecular weight is 449 g/mol. The first-order chi connectivity index (χ1) is 14.3. The van der Waals surface area contributed by atoms with E-state index in [2.05, 4.69) is 107 Å². The molecular formula is C27H29BrO. The molecule has 0 N–H and O–H groups in total. The second kappa shape index (κ2) is 12.3. The molecular weight excluding hydrogens is 420 g/mol. The van der Waals surface area contributed by atoms with E-state index >= 15 is 0 Å². The minimum Gasteiger partial charge on any atom is -0.494 e. The minimum absolute atomic E-state index is 0.796. The number of halogens is 1. The van der Waals surface area contributed by atoms with E-state index < -0.39 is 0 Å². The zero-order chi connectivity index (χ0) is 20.2. The zero-order valence-corrected chi connectivity index (χ0v) is 18.5. The summed E-state index contributed by atoms with van der Waals surface area (Å²) in [7, 11) is 0. The Morgan fingerprint density at radius 3 is 2.14 bits per heavy atom. The van der Waals surface area contributed by atoms with Gasteiger partial charge < -0.3 is 4.74 Å². The summed E-state index contributed by atoms with van der Waals surface area (Å²) in [6.07, 6.45) is 7.85. The lowest BCUT2D eigenvalue weighted by molar-refractivity contribution is 0.306. The summed E-state index contributed by atoms with van der Waals surface area (Å²) in [6, 6.07) is 29.8. The molecule has 3 aromatic carbocycles. The van der Waals surface area contributed by atoms with Gasteiger partial charge in [0.2, 0.25) is 0 Å². The van der Waals surface area contributed by atoms with Crippen LogP contribution in [0.2, 0.25) is 0 Å². The molecule has 0 radical (unpaired) electrons. The summed E-state index contributed by atoms with van der Waals surface area (Å²) < 4.78 is 5.85. The van der Waals surface area contributed by atoms with Gasteiger partial charge in [0.25, 0.3) is 0 Å². The van der Waals surface area contributed by atoms with E-state index in [-0.39, 0.29) is 0 Å². The molecule has 0 heterocycles. The van der Waals surface area contributed by atoms with E-state index in [0.717, 1.165) is 36.9 Å². The van der Waals surface area contributed by atoms with E-state index in [1.54, 1.807) is 0 Å². The van der Waals surface area contributed by atoms with Crippen LogP contribution < -0.4 is 4.74 Å². The largest absolute Gasteiger partial charge is 0.494 e. The second-order valence-corrected chi connectivity index (χ2v) is 7.98. The van der Waals surface area contributed by atoms with Crippen molar-refractivity contribution < 1.29 is 4.74 Å². The molecule has 0 atom stereocenters. The molecule has 0 fully saturated rings. The average Bonchev–Trinajstić information content (AvgIpc) is 2.78. The predicted molar refractivity (Wildman–Crippen MR) is 129 cm³/mol. The summed E-state index contributed by atoms with van der Waals surface area (Å²) >= 11 is 3.47. The number of rotatable bonds is 11. The lowest BCUT2D eigenvalue weighted by atomic mass is 9.96. The topological polar surface area (TPSA) is 9.23 Å². The highest BCUT2D eigenvalue weighted by Gasteiger charge is 2.04. The van der Waals surface area contributed by atoms with Crippen molar-refractivity contribution in [2.75, 3.05) is 11.9 Å². The van der Waals surface area contributed by atoms with Gasteiger partial charge in [-0.25, -0.2) is 0 Å². The summed E-state index contributed by atoms with van der Waals surface area (Å²) in [5, 5.41) is 1.07. The van der Waals surface area contributed by atoms with E-state index in [0.29, 0.717) is 0 Å². The number of ether oxygens (including phenoxy) is 1. The van der Waals surface area contributed by atoms with Gasteiger partial charge >= 0.3 is 0 Å². The Morgan fingerprint density at radius 1 is 0.759 bits per heavy atom. The van der Waals surface area contributed by atoms with Crippen LogP contribution in [0.4, 0.5) is 0 Å². The Bertz CT molecular complexity index is 854. The quantitative estimate of drug-likeness (QED) is 0.165. The fourth-order valence-electron chi connectivity index (χ4n) is 3.30. The first kappa shape index (κ1) is 21.4. The Morgan fingerprint density at radius 2 is 1.45 bits per heavy atom. The number of aryl methyl sites for hydroxylation is 1. The maximum Gasteiger partial charge on any atom is 0.119 e. The number of hydrogen-bond donors (Lipinski definition) is 0. The van der Waals surface area contributed by atoms with Crippen molar-refractivity contribution in [3.8, 4) is 5.75 Å². The van der Waals surface area contributed by atoms with Crippen molar-refractivity contribution in [1.82, 2.24) is 0 Å². The summed E-state index contributed by atoms with van der Waals surface area (Å²) in [5.41, 5.74) is 5.24. The lowest BCUT2D eigenvalue weighted by Crippen LogP contribution is -1.97. The van der Waals surface area contributed by atoms with Crippen molar-refractivity contribution in [3.05, 3.63) is 102 Å². The SMILES string of the molecule is BrCCCCCOc1ccc(CCC(=Cc2ccccc2)c2ccccc2)cc1. The normalized spacial score (nSPS) is 11.4. The van der Waals surface area contributed by atoms with Crippen molar-refractivity contribution in [2.24, 2.45) is 0 Å². The van der Waals surface area contributed by atoms with Crippen LogP contribution >= 0.6 is 15.9 Å². The van der Waals surface area contributed by atoms with Crippen molar-refractivity contribution in [3.63, 3.8) is 0 Å². The van der Waals surface area contributed by atoms with Gasteiger partial charge in [-0.2, -0.15) is 0 Å². The van der Waals surface area contributed by atoms with Gasteiger partial charge in [-0.05, 0) is 66.5 Å². The summed E-state index contributed by atoms with van der Waals surface area (Å²) in [4.78, 5) is 0. The van der Waals surface area contributed by atoms with E-state index in [9.17, 15) is 0 Å². The van der Waals surface area contributed by atoms with Gasteiger partial charge in [0, 0.05) is 5.33 Å². The molecule has 0 aliphatic heterocycles. The highest BCUT2D eigenvalue weighted by Crippen LogP contribution is 2.24. The van der Waals surface area contributed by atoms with E-state index in [4.69, 9.17) is 4.74 Å². The van der Waals surface area contributed by atoms with Crippen LogP contribution in [-0.4, -0.2) is 11.9 Å². The molecule has 0 bridgehead atoms. The van der Waals surface area contributed by atoms with Crippen LogP contribution in [0.1, 0.15) is 42.4 Å².